The Kier molecular flexibility index (Phi) is 6.51. The number of piperazine rings is 1. The lowest BCUT2D eigenvalue weighted by Gasteiger charge is -2.35. The van der Waals surface area contributed by atoms with Crippen LogP contribution >= 0.6 is 24.0 Å². The molecule has 2 fully saturated rings. The van der Waals surface area contributed by atoms with Crippen LogP contribution < -0.4 is 10.5 Å². The molecule has 1 amide bonds. The molecule has 0 radical (unpaired) electrons. The Morgan fingerprint density at radius 3 is 2.71 bits per heavy atom. The molecule has 0 aliphatic carbocycles. The minimum Gasteiger partial charge on any atom is -0.395 e. The lowest BCUT2D eigenvalue weighted by molar-refractivity contribution is -0.121. The van der Waals surface area contributed by atoms with Crippen molar-refractivity contribution in [1.82, 2.24) is 19.2 Å². The molecule has 0 atom stereocenters. The average Bonchev–Trinajstić information content (AvgIpc) is 3.04. The number of rotatable bonds is 6. The normalized spacial score (nSPS) is 19.1. The number of aliphatic hydroxyl groups is 1. The Balaban J connectivity index is 1.77. The van der Waals surface area contributed by atoms with Crippen LogP contribution in [0.2, 0.25) is 0 Å². The first kappa shape index (κ1) is 21.7. The SMILES string of the molecule is C=CCN1C(=O)C(=Cc2c(N3CCN(CCO)CC3)nc3ccccn3c2=O)SC1=S. The van der Waals surface area contributed by atoms with E-state index in [4.69, 9.17) is 17.2 Å². The average molecular weight is 458 g/mol. The molecule has 10 heteroatoms. The van der Waals surface area contributed by atoms with Crippen molar-refractivity contribution in [3.05, 3.63) is 57.9 Å². The highest BCUT2D eigenvalue weighted by atomic mass is 32.2. The third-order valence-electron chi connectivity index (χ3n) is 5.30. The number of thioether (sulfide) groups is 1. The van der Waals surface area contributed by atoms with Crippen molar-refractivity contribution < 1.29 is 9.90 Å². The van der Waals surface area contributed by atoms with Crippen LogP contribution in [0.25, 0.3) is 11.7 Å². The summed E-state index contributed by atoms with van der Waals surface area (Å²) < 4.78 is 1.94. The Morgan fingerprint density at radius 2 is 2.00 bits per heavy atom. The van der Waals surface area contributed by atoms with E-state index in [1.54, 1.807) is 30.5 Å². The molecule has 4 rings (SSSR count). The first-order chi connectivity index (χ1) is 15.0. The van der Waals surface area contributed by atoms with E-state index in [-0.39, 0.29) is 18.1 Å². The Hall–Kier alpha value is -2.53. The summed E-state index contributed by atoms with van der Waals surface area (Å²) in [7, 11) is 0. The molecule has 4 heterocycles. The molecule has 31 heavy (non-hydrogen) atoms. The second kappa shape index (κ2) is 9.31. The largest absolute Gasteiger partial charge is 0.395 e. The van der Waals surface area contributed by atoms with Crippen molar-refractivity contribution in [3.63, 3.8) is 0 Å². The van der Waals surface area contributed by atoms with Crippen molar-refractivity contribution in [1.29, 1.82) is 0 Å². The maximum absolute atomic E-state index is 13.4. The number of aliphatic hydroxyl groups excluding tert-OH is 1. The van der Waals surface area contributed by atoms with Gasteiger partial charge in [-0.15, -0.1) is 6.58 Å². The zero-order chi connectivity index (χ0) is 22.0. The van der Waals surface area contributed by atoms with Crippen molar-refractivity contribution in [2.24, 2.45) is 0 Å². The number of hydrogen-bond acceptors (Lipinski definition) is 8. The van der Waals surface area contributed by atoms with Crippen LogP contribution in [0.1, 0.15) is 5.56 Å². The summed E-state index contributed by atoms with van der Waals surface area (Å²) in [4.78, 5) is 37.1. The van der Waals surface area contributed by atoms with Crippen molar-refractivity contribution in [2.45, 2.75) is 0 Å². The maximum Gasteiger partial charge on any atom is 0.267 e. The first-order valence-electron chi connectivity index (χ1n) is 9.99. The minimum atomic E-state index is -0.230. The van der Waals surface area contributed by atoms with Crippen LogP contribution in [0.15, 0.2) is 46.8 Å². The van der Waals surface area contributed by atoms with E-state index in [1.807, 2.05) is 6.07 Å². The van der Waals surface area contributed by atoms with Crippen molar-refractivity contribution in [2.75, 3.05) is 50.8 Å². The van der Waals surface area contributed by atoms with Crippen molar-refractivity contribution >= 4 is 51.7 Å². The van der Waals surface area contributed by atoms with Gasteiger partial charge >= 0.3 is 0 Å². The first-order valence-corrected chi connectivity index (χ1v) is 11.2. The van der Waals surface area contributed by atoms with Crippen LogP contribution in [0, 0.1) is 0 Å². The molecule has 2 aliphatic heterocycles. The molecule has 1 N–H and O–H groups in total. The van der Waals surface area contributed by atoms with E-state index in [0.29, 0.717) is 52.4 Å². The van der Waals surface area contributed by atoms with Gasteiger partial charge in [0.15, 0.2) is 0 Å². The van der Waals surface area contributed by atoms with Crippen LogP contribution in [0.5, 0.6) is 0 Å². The molecule has 162 valence electrons. The van der Waals surface area contributed by atoms with Crippen LogP contribution in [0.4, 0.5) is 5.82 Å². The van der Waals surface area contributed by atoms with Gasteiger partial charge in [0.25, 0.3) is 11.5 Å². The molecule has 0 saturated carbocycles. The topological polar surface area (TPSA) is 81.4 Å². The number of fused-ring (bicyclic) bond motifs is 1. The number of carbonyl (C=O) groups is 1. The van der Waals surface area contributed by atoms with E-state index in [9.17, 15) is 14.7 Å². The monoisotopic (exact) mass is 457 g/mol. The maximum atomic E-state index is 13.4. The Bertz CT molecular complexity index is 1120. The number of β-amino-alcohol motifs (C(OH)–C–C–N with tert-alkyl or cyclic N) is 1. The van der Waals surface area contributed by atoms with Gasteiger partial charge in [0.2, 0.25) is 0 Å². The zero-order valence-electron chi connectivity index (χ0n) is 16.9. The summed E-state index contributed by atoms with van der Waals surface area (Å²) in [6.45, 7) is 7.62. The molecular formula is C21H23N5O3S2. The molecule has 0 unspecified atom stereocenters. The lowest BCUT2D eigenvalue weighted by Crippen LogP contribution is -2.48. The summed E-state index contributed by atoms with van der Waals surface area (Å²) in [6.07, 6.45) is 4.91. The molecule has 2 aliphatic rings. The van der Waals surface area contributed by atoms with Gasteiger partial charge in [0.05, 0.1) is 17.1 Å². The predicted octanol–water partition coefficient (Wildman–Crippen LogP) is 1.20. The fraction of sp³-hybridized carbons (Fsp3) is 0.333. The molecule has 2 saturated heterocycles. The minimum absolute atomic E-state index is 0.118. The van der Waals surface area contributed by atoms with E-state index in [1.165, 1.54) is 21.1 Å². The number of pyridine rings is 1. The summed E-state index contributed by atoms with van der Waals surface area (Å²) in [5.74, 6) is 0.333. The number of amides is 1. The van der Waals surface area contributed by atoms with Gasteiger partial charge in [-0.05, 0) is 18.2 Å². The number of nitrogens with zero attached hydrogens (tertiary/aromatic N) is 5. The molecule has 0 spiro atoms. The highest BCUT2D eigenvalue weighted by Gasteiger charge is 2.32. The fourth-order valence-electron chi connectivity index (χ4n) is 3.70. The molecule has 2 aromatic rings. The van der Waals surface area contributed by atoms with Gasteiger partial charge in [-0.25, -0.2) is 4.98 Å². The highest BCUT2D eigenvalue weighted by Crippen LogP contribution is 2.33. The zero-order valence-corrected chi connectivity index (χ0v) is 18.6. The van der Waals surface area contributed by atoms with Gasteiger partial charge in [0.1, 0.15) is 15.8 Å². The number of aromatic nitrogens is 2. The van der Waals surface area contributed by atoms with Gasteiger partial charge < -0.3 is 10.0 Å². The van der Waals surface area contributed by atoms with Crippen molar-refractivity contribution in [3.8, 4) is 0 Å². The number of hydrogen-bond donors (Lipinski definition) is 1. The van der Waals surface area contributed by atoms with E-state index < -0.39 is 0 Å². The molecule has 0 bridgehead atoms. The van der Waals surface area contributed by atoms with Crippen LogP contribution in [-0.4, -0.2) is 80.4 Å². The van der Waals surface area contributed by atoms with Gasteiger partial charge in [-0.1, -0.05) is 36.1 Å². The van der Waals surface area contributed by atoms with Gasteiger partial charge in [-0.3, -0.25) is 23.8 Å². The number of carbonyl (C=O) groups excluding carboxylic acids is 1. The second-order valence-corrected chi connectivity index (χ2v) is 8.89. The number of thiocarbonyl (C=S) groups is 1. The third kappa shape index (κ3) is 4.29. The Labute approximate surface area is 189 Å². The van der Waals surface area contributed by atoms with E-state index >= 15 is 0 Å². The summed E-state index contributed by atoms with van der Waals surface area (Å²) in [5, 5.41) is 9.19. The van der Waals surface area contributed by atoms with E-state index in [2.05, 4.69) is 16.4 Å². The summed E-state index contributed by atoms with van der Waals surface area (Å²) in [6, 6.07) is 5.40. The van der Waals surface area contributed by atoms with Gasteiger partial charge in [-0.2, -0.15) is 0 Å². The van der Waals surface area contributed by atoms with Gasteiger partial charge in [0, 0.05) is 45.5 Å². The smallest absolute Gasteiger partial charge is 0.267 e. The lowest BCUT2D eigenvalue weighted by atomic mass is 10.2. The van der Waals surface area contributed by atoms with E-state index in [0.717, 1.165) is 13.1 Å². The molecule has 8 nitrogen and oxygen atoms in total. The molecule has 2 aromatic heterocycles. The Morgan fingerprint density at radius 1 is 1.23 bits per heavy atom. The fourth-order valence-corrected chi connectivity index (χ4v) is 4.96. The molecule has 0 aromatic carbocycles. The van der Waals surface area contributed by atoms with Crippen LogP contribution in [0.3, 0.4) is 0 Å². The number of anilines is 1. The quantitative estimate of drug-likeness (QED) is 0.394. The summed E-state index contributed by atoms with van der Waals surface area (Å²) in [5.41, 5.74) is 0.697. The standard InChI is InChI=1S/C21H23N5O3S2/c1-2-6-26-20(29)16(31-21(26)30)14-15-18(24-10-8-23(9-11-24)12-13-27)22-17-5-3-4-7-25(17)19(15)28/h2-5,7,14,27H,1,6,8-13H2. The third-order valence-corrected chi connectivity index (χ3v) is 6.68. The molecular weight excluding hydrogens is 434 g/mol. The second-order valence-electron chi connectivity index (χ2n) is 7.22. The van der Waals surface area contributed by atoms with Crippen LogP contribution in [-0.2, 0) is 4.79 Å². The predicted molar refractivity (Wildman–Crippen MR) is 127 cm³/mol. The summed E-state index contributed by atoms with van der Waals surface area (Å²) >= 11 is 6.51. The highest BCUT2D eigenvalue weighted by molar-refractivity contribution is 8.26.